The summed E-state index contributed by atoms with van der Waals surface area (Å²) in [5.41, 5.74) is 1.07. The number of rotatable bonds is 8. The van der Waals surface area contributed by atoms with Crippen LogP contribution in [-0.2, 0) is 9.53 Å². The Morgan fingerprint density at radius 1 is 1.21 bits per heavy atom. The van der Waals surface area contributed by atoms with E-state index in [9.17, 15) is 14.0 Å². The van der Waals surface area contributed by atoms with Crippen molar-refractivity contribution >= 4 is 33.7 Å². The summed E-state index contributed by atoms with van der Waals surface area (Å²) in [6.07, 6.45) is 2.68. The molecule has 1 aliphatic rings. The summed E-state index contributed by atoms with van der Waals surface area (Å²) in [5, 5.41) is 0. The molecule has 0 aromatic heterocycles. The second-order valence-electron chi connectivity index (χ2n) is 7.33. The molecule has 1 saturated heterocycles. The Labute approximate surface area is 200 Å². The third-order valence-electron chi connectivity index (χ3n) is 5.11. The van der Waals surface area contributed by atoms with Crippen molar-refractivity contribution in [1.29, 1.82) is 0 Å². The maximum absolute atomic E-state index is 13.4. The van der Waals surface area contributed by atoms with Gasteiger partial charge in [0.05, 0.1) is 37.4 Å². The number of halogens is 2. The van der Waals surface area contributed by atoms with E-state index in [0.717, 1.165) is 0 Å². The maximum Gasteiger partial charge on any atom is 0.246 e. The van der Waals surface area contributed by atoms with Crippen LogP contribution in [0, 0.1) is 5.82 Å². The highest BCUT2D eigenvalue weighted by Crippen LogP contribution is 2.40. The summed E-state index contributed by atoms with van der Waals surface area (Å²) in [6, 6.07) is 7.79. The normalized spacial score (nSPS) is 16.0. The topological polar surface area (TPSA) is 74.3 Å². The van der Waals surface area contributed by atoms with Gasteiger partial charge < -0.3 is 23.8 Å². The number of amides is 1. The standard InChI is InChI=1S/C24H25BrFNO6/c1-15(28)18-6-8-21(30-2)24(31-3)23(18)33-14-17-13-27(10-11-32-17)22(29)9-5-16-4-7-20(26)19(25)12-16/h4-9,12,17H,10-11,13-14H2,1-3H3. The summed E-state index contributed by atoms with van der Waals surface area (Å²) >= 11 is 3.13. The van der Waals surface area contributed by atoms with Crippen LogP contribution < -0.4 is 14.2 Å². The molecular weight excluding hydrogens is 497 g/mol. The van der Waals surface area contributed by atoms with E-state index in [1.165, 1.54) is 33.3 Å². The van der Waals surface area contributed by atoms with Gasteiger partial charge in [0.2, 0.25) is 11.7 Å². The fourth-order valence-electron chi connectivity index (χ4n) is 3.40. The predicted molar refractivity (Wildman–Crippen MR) is 124 cm³/mol. The van der Waals surface area contributed by atoms with E-state index >= 15 is 0 Å². The molecular formula is C24H25BrFNO6. The number of hydrogen-bond donors (Lipinski definition) is 0. The van der Waals surface area contributed by atoms with Crippen molar-refractivity contribution in [3.8, 4) is 17.2 Å². The van der Waals surface area contributed by atoms with E-state index in [0.29, 0.717) is 46.8 Å². The molecule has 1 aliphatic heterocycles. The molecule has 1 fully saturated rings. The van der Waals surface area contributed by atoms with Crippen molar-refractivity contribution in [1.82, 2.24) is 4.90 Å². The van der Waals surface area contributed by atoms with Crippen LogP contribution in [0.4, 0.5) is 4.39 Å². The highest BCUT2D eigenvalue weighted by Gasteiger charge is 2.26. The molecule has 2 aromatic rings. The first kappa shape index (κ1) is 24.7. The van der Waals surface area contributed by atoms with Crippen molar-refractivity contribution in [2.24, 2.45) is 0 Å². The van der Waals surface area contributed by atoms with Gasteiger partial charge in [-0.25, -0.2) is 4.39 Å². The zero-order chi connectivity index (χ0) is 24.0. The lowest BCUT2D eigenvalue weighted by Gasteiger charge is -2.32. The molecule has 3 rings (SSSR count). The zero-order valence-electron chi connectivity index (χ0n) is 18.6. The number of hydrogen-bond acceptors (Lipinski definition) is 6. The Kier molecular flexibility index (Phi) is 8.46. The minimum atomic E-state index is -0.396. The van der Waals surface area contributed by atoms with Gasteiger partial charge in [-0.3, -0.25) is 9.59 Å². The van der Waals surface area contributed by atoms with Crippen molar-refractivity contribution < 1.29 is 32.9 Å². The Balaban J connectivity index is 1.67. The third-order valence-corrected chi connectivity index (χ3v) is 5.71. The first-order valence-electron chi connectivity index (χ1n) is 10.3. The largest absolute Gasteiger partial charge is 0.493 e. The number of morpholine rings is 1. The molecule has 0 radical (unpaired) electrons. The zero-order valence-corrected chi connectivity index (χ0v) is 20.2. The van der Waals surface area contributed by atoms with Crippen LogP contribution in [0.3, 0.4) is 0 Å². The number of ether oxygens (including phenoxy) is 4. The number of carbonyl (C=O) groups excluding carboxylic acids is 2. The molecule has 9 heteroatoms. The highest BCUT2D eigenvalue weighted by molar-refractivity contribution is 9.10. The molecule has 2 aromatic carbocycles. The molecule has 0 N–H and O–H groups in total. The molecule has 7 nitrogen and oxygen atoms in total. The van der Waals surface area contributed by atoms with Crippen molar-refractivity contribution in [3.05, 3.63) is 57.8 Å². The number of nitrogens with zero attached hydrogens (tertiary/aromatic N) is 1. The Morgan fingerprint density at radius 2 is 2.00 bits per heavy atom. The molecule has 0 saturated carbocycles. The molecule has 0 spiro atoms. The Hall–Kier alpha value is -2.91. The summed E-state index contributed by atoms with van der Waals surface area (Å²) in [5.74, 6) is 0.309. The number of methoxy groups -OCH3 is 2. The predicted octanol–water partition coefficient (Wildman–Crippen LogP) is 4.13. The van der Waals surface area contributed by atoms with Gasteiger partial charge in [-0.2, -0.15) is 0 Å². The first-order valence-corrected chi connectivity index (χ1v) is 11.1. The molecule has 0 bridgehead atoms. The van der Waals surface area contributed by atoms with Gasteiger partial charge in [0.25, 0.3) is 0 Å². The second-order valence-corrected chi connectivity index (χ2v) is 8.18. The van der Waals surface area contributed by atoms with Crippen LogP contribution in [0.15, 0.2) is 40.9 Å². The lowest BCUT2D eigenvalue weighted by atomic mass is 10.1. The third kappa shape index (κ3) is 6.11. The number of carbonyl (C=O) groups is 2. The van der Waals surface area contributed by atoms with E-state index in [4.69, 9.17) is 18.9 Å². The SMILES string of the molecule is COc1ccc(C(C)=O)c(OCC2CN(C(=O)C=Cc3ccc(F)c(Br)c3)CCO2)c1OC. The quantitative estimate of drug-likeness (QED) is 0.384. The van der Waals surface area contributed by atoms with Crippen LogP contribution in [0.5, 0.6) is 17.2 Å². The molecule has 0 aliphatic carbocycles. The fourth-order valence-corrected chi connectivity index (χ4v) is 3.80. The smallest absolute Gasteiger partial charge is 0.246 e. The summed E-state index contributed by atoms with van der Waals surface area (Å²) in [4.78, 5) is 26.4. The van der Waals surface area contributed by atoms with Crippen LogP contribution in [0.25, 0.3) is 6.08 Å². The van der Waals surface area contributed by atoms with E-state index < -0.39 is 6.10 Å². The minimum Gasteiger partial charge on any atom is -0.493 e. The molecule has 1 unspecified atom stereocenters. The van der Waals surface area contributed by atoms with E-state index in [2.05, 4.69) is 15.9 Å². The van der Waals surface area contributed by atoms with Crippen LogP contribution in [-0.4, -0.2) is 63.2 Å². The average molecular weight is 522 g/mol. The van der Waals surface area contributed by atoms with Gasteiger partial charge in [-0.15, -0.1) is 0 Å². The summed E-state index contributed by atoms with van der Waals surface area (Å²) < 4.78 is 36.1. The monoisotopic (exact) mass is 521 g/mol. The van der Waals surface area contributed by atoms with Gasteiger partial charge in [0, 0.05) is 12.6 Å². The molecule has 1 amide bonds. The number of ketones is 1. The summed E-state index contributed by atoms with van der Waals surface area (Å²) in [7, 11) is 2.97. The minimum absolute atomic E-state index is 0.113. The van der Waals surface area contributed by atoms with Gasteiger partial charge >= 0.3 is 0 Å². The lowest BCUT2D eigenvalue weighted by molar-refractivity contribution is -0.134. The Bertz CT molecular complexity index is 1060. The molecule has 33 heavy (non-hydrogen) atoms. The average Bonchev–Trinajstić information content (AvgIpc) is 2.82. The van der Waals surface area contributed by atoms with Crippen molar-refractivity contribution in [2.75, 3.05) is 40.5 Å². The fraction of sp³-hybridized carbons (Fsp3) is 0.333. The van der Waals surface area contributed by atoms with Crippen molar-refractivity contribution in [3.63, 3.8) is 0 Å². The van der Waals surface area contributed by atoms with Gasteiger partial charge in [-0.05, 0) is 58.8 Å². The second kappa shape index (κ2) is 11.3. The Morgan fingerprint density at radius 3 is 2.67 bits per heavy atom. The lowest BCUT2D eigenvalue weighted by Crippen LogP contribution is -2.47. The van der Waals surface area contributed by atoms with Crippen molar-refractivity contribution in [2.45, 2.75) is 13.0 Å². The molecule has 1 atom stereocenters. The molecule has 1 heterocycles. The maximum atomic E-state index is 13.4. The van der Waals surface area contributed by atoms with Crippen LogP contribution in [0.2, 0.25) is 0 Å². The van der Waals surface area contributed by atoms with Gasteiger partial charge in [0.15, 0.2) is 17.3 Å². The number of Topliss-reactive ketones (excluding diaryl/α,β-unsaturated/α-hetero) is 1. The van der Waals surface area contributed by atoms with Gasteiger partial charge in [0.1, 0.15) is 18.5 Å². The van der Waals surface area contributed by atoms with E-state index in [1.54, 1.807) is 35.2 Å². The van der Waals surface area contributed by atoms with E-state index in [1.807, 2.05) is 0 Å². The van der Waals surface area contributed by atoms with Crippen LogP contribution >= 0.6 is 15.9 Å². The first-order chi connectivity index (χ1) is 15.8. The number of benzene rings is 2. The highest BCUT2D eigenvalue weighted by atomic mass is 79.9. The summed E-state index contributed by atoms with van der Waals surface area (Å²) in [6.45, 7) is 2.66. The van der Waals surface area contributed by atoms with Crippen LogP contribution in [0.1, 0.15) is 22.8 Å². The molecule has 176 valence electrons. The van der Waals surface area contributed by atoms with E-state index in [-0.39, 0.29) is 29.9 Å². The van der Waals surface area contributed by atoms with Gasteiger partial charge in [-0.1, -0.05) is 6.07 Å².